The lowest BCUT2D eigenvalue weighted by atomic mass is 10.2. The van der Waals surface area contributed by atoms with E-state index in [1.165, 1.54) is 24.9 Å². The van der Waals surface area contributed by atoms with Crippen molar-refractivity contribution in [3.05, 3.63) is 79.7 Å². The van der Waals surface area contributed by atoms with Gasteiger partial charge in [-0.05, 0) is 24.3 Å². The van der Waals surface area contributed by atoms with Crippen molar-refractivity contribution < 1.29 is 9.53 Å². The number of ether oxygens (including phenoxy) is 1. The molecule has 0 saturated carbocycles. The summed E-state index contributed by atoms with van der Waals surface area (Å²) in [6.07, 6.45) is 13.0. The maximum Gasteiger partial charge on any atom is 0.259 e. The van der Waals surface area contributed by atoms with Gasteiger partial charge < -0.3 is 14.6 Å². The predicted octanol–water partition coefficient (Wildman–Crippen LogP) is 2.96. The van der Waals surface area contributed by atoms with E-state index in [1.54, 1.807) is 29.2 Å². The summed E-state index contributed by atoms with van der Waals surface area (Å²) in [5, 5.41) is 7.02. The zero-order valence-electron chi connectivity index (χ0n) is 16.4. The van der Waals surface area contributed by atoms with E-state index in [0.29, 0.717) is 22.9 Å². The summed E-state index contributed by atoms with van der Waals surface area (Å²) in [7, 11) is 1.91. The Labute approximate surface area is 176 Å². The van der Waals surface area contributed by atoms with Crippen molar-refractivity contribution in [3.8, 4) is 22.8 Å². The molecule has 0 bridgehead atoms. The van der Waals surface area contributed by atoms with Crippen molar-refractivity contribution in [2.75, 3.05) is 5.32 Å². The highest BCUT2D eigenvalue weighted by Crippen LogP contribution is 2.30. The maximum absolute atomic E-state index is 12.2. The Kier molecular flexibility index (Phi) is 4.56. The number of aryl methyl sites for hydroxylation is 1. The minimum Gasteiger partial charge on any atom is -0.453 e. The van der Waals surface area contributed by atoms with Crippen LogP contribution in [-0.4, -0.2) is 40.0 Å². The van der Waals surface area contributed by atoms with Crippen LogP contribution in [0.25, 0.3) is 16.8 Å². The van der Waals surface area contributed by atoms with E-state index in [1.807, 2.05) is 36.1 Å². The van der Waals surface area contributed by atoms with Gasteiger partial charge in [-0.2, -0.15) is 5.10 Å². The first-order valence-electron chi connectivity index (χ1n) is 9.32. The van der Waals surface area contributed by atoms with E-state index in [2.05, 4.69) is 30.4 Å². The van der Waals surface area contributed by atoms with Crippen LogP contribution >= 0.6 is 0 Å². The summed E-state index contributed by atoms with van der Waals surface area (Å²) in [4.78, 5) is 28.5. The number of carbonyl (C=O) groups is 1. The van der Waals surface area contributed by atoms with Gasteiger partial charge in [0.1, 0.15) is 23.4 Å². The molecule has 10 heteroatoms. The minimum absolute atomic E-state index is 0.342. The third-order valence-electron chi connectivity index (χ3n) is 4.50. The topological polar surface area (TPSA) is 112 Å². The number of fused-ring (bicyclic) bond motifs is 1. The van der Waals surface area contributed by atoms with Crippen LogP contribution in [0.5, 0.6) is 11.5 Å². The molecule has 0 aliphatic rings. The third kappa shape index (κ3) is 3.81. The van der Waals surface area contributed by atoms with Gasteiger partial charge in [-0.25, -0.2) is 24.5 Å². The monoisotopic (exact) mass is 412 g/mol. The first kappa shape index (κ1) is 18.4. The van der Waals surface area contributed by atoms with Gasteiger partial charge in [0.2, 0.25) is 0 Å². The standard InChI is InChI=1S/C21H16N8O2/c1-28-11-17(25-13-28)14-6-19(18-4-5-26-29(18)10-14)31-16-2-3-20(24-9-16)27-21(30)15-7-22-12-23-8-15/h2-13H,1H3,(H,24,27,30). The van der Waals surface area contributed by atoms with Gasteiger partial charge in [0.05, 0.1) is 30.0 Å². The number of rotatable bonds is 5. The number of pyridine rings is 2. The number of anilines is 1. The molecule has 0 aliphatic heterocycles. The average molecular weight is 412 g/mol. The van der Waals surface area contributed by atoms with Crippen LogP contribution in [0.4, 0.5) is 5.82 Å². The molecule has 0 unspecified atom stereocenters. The number of hydrogen-bond donors (Lipinski definition) is 1. The molecule has 0 atom stereocenters. The molecule has 5 aromatic heterocycles. The normalized spacial score (nSPS) is 10.9. The molecule has 152 valence electrons. The molecule has 5 aromatic rings. The number of nitrogens with zero attached hydrogens (tertiary/aromatic N) is 7. The van der Waals surface area contributed by atoms with Crippen LogP contribution in [0.2, 0.25) is 0 Å². The van der Waals surface area contributed by atoms with Gasteiger partial charge >= 0.3 is 0 Å². The largest absolute Gasteiger partial charge is 0.453 e. The Morgan fingerprint density at radius 3 is 2.68 bits per heavy atom. The van der Waals surface area contributed by atoms with Crippen LogP contribution < -0.4 is 10.1 Å². The summed E-state index contributed by atoms with van der Waals surface area (Å²) >= 11 is 0. The molecule has 0 radical (unpaired) electrons. The fraction of sp³-hybridized carbons (Fsp3) is 0.0476. The number of amides is 1. The third-order valence-corrected chi connectivity index (χ3v) is 4.50. The van der Waals surface area contributed by atoms with E-state index in [4.69, 9.17) is 4.74 Å². The Balaban J connectivity index is 1.38. The van der Waals surface area contributed by atoms with Gasteiger partial charge in [0, 0.05) is 37.4 Å². The van der Waals surface area contributed by atoms with Crippen molar-refractivity contribution in [2.24, 2.45) is 7.05 Å². The molecular formula is C21H16N8O2. The number of nitrogens with one attached hydrogen (secondary N) is 1. The smallest absolute Gasteiger partial charge is 0.259 e. The fourth-order valence-electron chi connectivity index (χ4n) is 3.03. The Bertz CT molecular complexity index is 1360. The highest BCUT2D eigenvalue weighted by atomic mass is 16.5. The van der Waals surface area contributed by atoms with Crippen LogP contribution in [0.1, 0.15) is 10.4 Å². The Morgan fingerprint density at radius 1 is 1.06 bits per heavy atom. The highest BCUT2D eigenvalue weighted by molar-refractivity contribution is 6.03. The zero-order valence-corrected chi connectivity index (χ0v) is 16.4. The second kappa shape index (κ2) is 7.67. The molecule has 31 heavy (non-hydrogen) atoms. The summed E-state index contributed by atoms with van der Waals surface area (Å²) in [5.74, 6) is 1.17. The van der Waals surface area contributed by atoms with Gasteiger partial charge in [0.15, 0.2) is 5.75 Å². The quantitative estimate of drug-likeness (QED) is 0.472. The summed E-state index contributed by atoms with van der Waals surface area (Å²) < 4.78 is 9.69. The molecule has 0 fully saturated rings. The maximum atomic E-state index is 12.2. The van der Waals surface area contributed by atoms with E-state index in [-0.39, 0.29) is 5.91 Å². The van der Waals surface area contributed by atoms with Crippen LogP contribution in [0.15, 0.2) is 74.1 Å². The number of hydrogen-bond acceptors (Lipinski definition) is 7. The number of imidazole rings is 1. The molecule has 0 aliphatic carbocycles. The van der Waals surface area contributed by atoms with E-state index in [0.717, 1.165) is 16.8 Å². The average Bonchev–Trinajstić information content (AvgIpc) is 3.44. The predicted molar refractivity (Wildman–Crippen MR) is 112 cm³/mol. The summed E-state index contributed by atoms with van der Waals surface area (Å²) in [5.41, 5.74) is 2.83. The highest BCUT2D eigenvalue weighted by Gasteiger charge is 2.12. The Morgan fingerprint density at radius 2 is 1.94 bits per heavy atom. The van der Waals surface area contributed by atoms with Gasteiger partial charge in [-0.1, -0.05) is 0 Å². The molecule has 5 heterocycles. The van der Waals surface area contributed by atoms with Gasteiger partial charge in [0.25, 0.3) is 5.91 Å². The minimum atomic E-state index is -0.342. The van der Waals surface area contributed by atoms with Crippen molar-refractivity contribution in [3.63, 3.8) is 0 Å². The lowest BCUT2D eigenvalue weighted by Crippen LogP contribution is -2.13. The lowest BCUT2D eigenvalue weighted by Gasteiger charge is -2.10. The van der Waals surface area contributed by atoms with Crippen molar-refractivity contribution >= 4 is 17.2 Å². The molecule has 10 nitrogen and oxygen atoms in total. The van der Waals surface area contributed by atoms with E-state index >= 15 is 0 Å². The summed E-state index contributed by atoms with van der Waals surface area (Å²) in [6, 6.07) is 7.16. The molecule has 0 spiro atoms. The van der Waals surface area contributed by atoms with E-state index in [9.17, 15) is 4.79 Å². The second-order valence-corrected chi connectivity index (χ2v) is 6.74. The van der Waals surface area contributed by atoms with Crippen LogP contribution in [0, 0.1) is 0 Å². The first-order chi connectivity index (χ1) is 15.2. The van der Waals surface area contributed by atoms with Crippen molar-refractivity contribution in [1.82, 2.24) is 34.1 Å². The lowest BCUT2D eigenvalue weighted by molar-refractivity contribution is 0.102. The number of aromatic nitrogens is 7. The molecule has 1 N–H and O–H groups in total. The van der Waals surface area contributed by atoms with E-state index < -0.39 is 0 Å². The summed E-state index contributed by atoms with van der Waals surface area (Å²) in [6.45, 7) is 0. The van der Waals surface area contributed by atoms with Gasteiger partial charge in [-0.15, -0.1) is 0 Å². The molecule has 0 saturated heterocycles. The van der Waals surface area contributed by atoms with Crippen molar-refractivity contribution in [1.29, 1.82) is 0 Å². The Hall–Kier alpha value is -4.60. The first-order valence-corrected chi connectivity index (χ1v) is 9.32. The SMILES string of the molecule is Cn1cnc(-c2cc(Oc3ccc(NC(=O)c4cncnc4)nc3)c3ccnn3c2)c1. The fourth-order valence-corrected chi connectivity index (χ4v) is 3.03. The van der Waals surface area contributed by atoms with Gasteiger partial charge in [-0.3, -0.25) is 4.79 Å². The molecule has 0 aromatic carbocycles. The van der Waals surface area contributed by atoms with Crippen molar-refractivity contribution in [2.45, 2.75) is 0 Å². The van der Waals surface area contributed by atoms with Crippen LogP contribution in [0.3, 0.4) is 0 Å². The zero-order chi connectivity index (χ0) is 21.2. The molecule has 5 rings (SSSR count). The number of carbonyl (C=O) groups excluding carboxylic acids is 1. The van der Waals surface area contributed by atoms with Crippen LogP contribution in [-0.2, 0) is 7.05 Å². The molecular weight excluding hydrogens is 396 g/mol. The molecule has 1 amide bonds. The second-order valence-electron chi connectivity index (χ2n) is 6.74.